The summed E-state index contributed by atoms with van der Waals surface area (Å²) in [6.07, 6.45) is -4.45. The number of rotatable bonds is 5. The molecule has 23 heavy (non-hydrogen) atoms. The van der Waals surface area contributed by atoms with E-state index in [0.29, 0.717) is 17.1 Å². The molecule has 1 atom stereocenters. The monoisotopic (exact) mass is 345 g/mol. The molecule has 2 aromatic rings. The molecule has 0 bridgehead atoms. The summed E-state index contributed by atoms with van der Waals surface area (Å²) in [5.74, 6) is 0. The largest absolute Gasteiger partial charge is 0.434 e. The number of nitro groups is 1. The second-order valence-corrected chi connectivity index (χ2v) is 5.88. The predicted molar refractivity (Wildman–Crippen MR) is 80.2 cm³/mol. The molecule has 0 saturated heterocycles. The van der Waals surface area contributed by atoms with Crippen molar-refractivity contribution in [2.24, 2.45) is 0 Å². The van der Waals surface area contributed by atoms with Gasteiger partial charge in [-0.1, -0.05) is 12.1 Å². The van der Waals surface area contributed by atoms with Crippen LogP contribution in [0, 0.1) is 17.0 Å². The maximum absolute atomic E-state index is 12.5. The Balaban J connectivity index is 2.08. The summed E-state index contributed by atoms with van der Waals surface area (Å²) in [5.41, 5.74) is 0.370. The lowest BCUT2D eigenvalue weighted by Crippen LogP contribution is -2.19. The van der Waals surface area contributed by atoms with Gasteiger partial charge in [-0.25, -0.2) is 4.98 Å². The first-order valence-corrected chi connectivity index (χ1v) is 7.57. The lowest BCUT2D eigenvalue weighted by Gasteiger charge is -2.13. The Labute approximate surface area is 134 Å². The number of hydrogen-bond donors (Lipinski definition) is 1. The van der Waals surface area contributed by atoms with E-state index in [1.165, 1.54) is 6.07 Å². The number of thiazole rings is 1. The molecule has 0 aliphatic rings. The van der Waals surface area contributed by atoms with Crippen molar-refractivity contribution in [2.75, 3.05) is 0 Å². The third-order valence-electron chi connectivity index (χ3n) is 3.40. The fourth-order valence-electron chi connectivity index (χ4n) is 2.03. The van der Waals surface area contributed by atoms with Gasteiger partial charge < -0.3 is 5.32 Å². The van der Waals surface area contributed by atoms with E-state index in [9.17, 15) is 23.3 Å². The number of nitrogens with zero attached hydrogens (tertiary/aromatic N) is 2. The van der Waals surface area contributed by atoms with Gasteiger partial charge in [0.2, 0.25) is 0 Å². The molecule has 124 valence electrons. The fraction of sp³-hybridized carbons (Fsp3) is 0.357. The molecule has 0 radical (unpaired) electrons. The van der Waals surface area contributed by atoms with Crippen LogP contribution >= 0.6 is 11.3 Å². The average molecular weight is 345 g/mol. The molecule has 0 spiro atoms. The predicted octanol–water partition coefficient (Wildman–Crippen LogP) is 4.23. The van der Waals surface area contributed by atoms with E-state index in [1.807, 2.05) is 0 Å². The van der Waals surface area contributed by atoms with Gasteiger partial charge in [0.1, 0.15) is 5.01 Å². The minimum absolute atomic E-state index is 0.0190. The van der Waals surface area contributed by atoms with Gasteiger partial charge in [0, 0.05) is 23.6 Å². The van der Waals surface area contributed by atoms with E-state index >= 15 is 0 Å². The molecule has 1 aromatic heterocycles. The van der Waals surface area contributed by atoms with Crippen molar-refractivity contribution in [3.05, 3.63) is 55.5 Å². The van der Waals surface area contributed by atoms with E-state index in [4.69, 9.17) is 0 Å². The Hall–Kier alpha value is -2.00. The van der Waals surface area contributed by atoms with Gasteiger partial charge in [-0.15, -0.1) is 11.3 Å². The molecule has 2 rings (SSSR count). The van der Waals surface area contributed by atoms with Crippen LogP contribution in [0.1, 0.15) is 34.8 Å². The highest BCUT2D eigenvalue weighted by molar-refractivity contribution is 7.09. The highest BCUT2D eigenvalue weighted by Crippen LogP contribution is 2.31. The molecule has 1 N–H and O–H groups in total. The van der Waals surface area contributed by atoms with Crippen LogP contribution in [-0.2, 0) is 12.7 Å². The van der Waals surface area contributed by atoms with Gasteiger partial charge >= 0.3 is 6.18 Å². The topological polar surface area (TPSA) is 68.1 Å². The van der Waals surface area contributed by atoms with Crippen molar-refractivity contribution in [1.29, 1.82) is 0 Å². The van der Waals surface area contributed by atoms with Crippen molar-refractivity contribution in [3.8, 4) is 0 Å². The molecule has 0 amide bonds. The molecule has 0 saturated carbocycles. The zero-order valence-corrected chi connectivity index (χ0v) is 13.2. The number of nitro benzene ring substituents is 1. The summed E-state index contributed by atoms with van der Waals surface area (Å²) in [7, 11) is 0. The van der Waals surface area contributed by atoms with E-state index < -0.39 is 22.8 Å². The molecule has 1 aromatic carbocycles. The number of hydrogen-bond acceptors (Lipinski definition) is 5. The van der Waals surface area contributed by atoms with E-state index in [-0.39, 0.29) is 5.69 Å². The Bertz CT molecular complexity index is 716. The van der Waals surface area contributed by atoms with E-state index in [0.717, 1.165) is 22.3 Å². The lowest BCUT2D eigenvalue weighted by atomic mass is 10.1. The first kappa shape index (κ1) is 17.4. The van der Waals surface area contributed by atoms with E-state index in [2.05, 4.69) is 10.3 Å². The number of nitrogens with one attached hydrogen (secondary N) is 1. The molecule has 9 heteroatoms. The summed E-state index contributed by atoms with van der Waals surface area (Å²) in [5, 5.41) is 15.2. The Morgan fingerprint density at radius 3 is 2.70 bits per heavy atom. The van der Waals surface area contributed by atoms with Crippen LogP contribution in [0.2, 0.25) is 0 Å². The quantitative estimate of drug-likeness (QED) is 0.650. The van der Waals surface area contributed by atoms with Crippen LogP contribution in [0.15, 0.2) is 23.6 Å². The molecule has 0 unspecified atom stereocenters. The molecule has 0 aliphatic carbocycles. The second-order valence-electron chi connectivity index (χ2n) is 4.99. The van der Waals surface area contributed by atoms with E-state index in [1.54, 1.807) is 26.0 Å². The molecular weight excluding hydrogens is 331 g/mol. The van der Waals surface area contributed by atoms with Crippen LogP contribution in [0.25, 0.3) is 0 Å². The summed E-state index contributed by atoms with van der Waals surface area (Å²) in [6, 6.07) is 4.34. The highest BCUT2D eigenvalue weighted by Gasteiger charge is 2.34. The van der Waals surface area contributed by atoms with Crippen LogP contribution in [-0.4, -0.2) is 9.91 Å². The summed E-state index contributed by atoms with van der Waals surface area (Å²) >= 11 is 0.930. The zero-order chi connectivity index (χ0) is 17.2. The van der Waals surface area contributed by atoms with Crippen molar-refractivity contribution in [2.45, 2.75) is 32.6 Å². The van der Waals surface area contributed by atoms with Crippen molar-refractivity contribution < 1.29 is 18.1 Å². The minimum Gasteiger partial charge on any atom is -0.304 e. The Morgan fingerprint density at radius 1 is 1.43 bits per heavy atom. The SMILES string of the molecule is Cc1c(CN[C@H](C)c2nc(C(F)(F)F)cs2)cccc1[N+](=O)[O-]. The maximum Gasteiger partial charge on any atom is 0.434 e. The van der Waals surface area contributed by atoms with Crippen molar-refractivity contribution >= 4 is 17.0 Å². The zero-order valence-electron chi connectivity index (χ0n) is 12.3. The van der Waals surface area contributed by atoms with Gasteiger partial charge in [0.15, 0.2) is 5.69 Å². The Morgan fingerprint density at radius 2 is 2.13 bits per heavy atom. The third kappa shape index (κ3) is 4.05. The Kier molecular flexibility index (Phi) is 5.00. The normalized spacial score (nSPS) is 13.1. The molecule has 5 nitrogen and oxygen atoms in total. The van der Waals surface area contributed by atoms with Gasteiger partial charge in [-0.05, 0) is 19.4 Å². The van der Waals surface area contributed by atoms with Gasteiger partial charge in [0.25, 0.3) is 5.69 Å². The average Bonchev–Trinajstić information content (AvgIpc) is 2.95. The number of alkyl halides is 3. The maximum atomic E-state index is 12.5. The first-order valence-electron chi connectivity index (χ1n) is 6.69. The number of benzene rings is 1. The van der Waals surface area contributed by atoms with Crippen LogP contribution < -0.4 is 5.32 Å². The second kappa shape index (κ2) is 6.63. The fourth-order valence-corrected chi connectivity index (χ4v) is 2.88. The van der Waals surface area contributed by atoms with Crippen LogP contribution in [0.4, 0.5) is 18.9 Å². The summed E-state index contributed by atoms with van der Waals surface area (Å²) in [4.78, 5) is 14.0. The van der Waals surface area contributed by atoms with Gasteiger partial charge in [-0.2, -0.15) is 13.2 Å². The first-order chi connectivity index (χ1) is 10.7. The molecular formula is C14H14F3N3O2S. The summed E-state index contributed by atoms with van der Waals surface area (Å²) < 4.78 is 37.6. The summed E-state index contributed by atoms with van der Waals surface area (Å²) in [6.45, 7) is 3.65. The van der Waals surface area contributed by atoms with Crippen molar-refractivity contribution in [1.82, 2.24) is 10.3 Å². The van der Waals surface area contributed by atoms with Crippen LogP contribution in [0.5, 0.6) is 0 Å². The molecule has 1 heterocycles. The van der Waals surface area contributed by atoms with Crippen molar-refractivity contribution in [3.63, 3.8) is 0 Å². The number of halogens is 3. The third-order valence-corrected chi connectivity index (χ3v) is 4.42. The van der Waals surface area contributed by atoms with Crippen LogP contribution in [0.3, 0.4) is 0 Å². The standard InChI is InChI=1S/C14H14F3N3O2S/c1-8-10(4-3-5-11(8)20(21)22)6-18-9(2)13-19-12(7-23-13)14(15,16)17/h3-5,7,9,18H,6H2,1-2H3/t9-/m1/s1. The highest BCUT2D eigenvalue weighted by atomic mass is 32.1. The minimum atomic E-state index is -4.45. The number of aromatic nitrogens is 1. The smallest absolute Gasteiger partial charge is 0.304 e. The van der Waals surface area contributed by atoms with Gasteiger partial charge in [-0.3, -0.25) is 10.1 Å². The van der Waals surface area contributed by atoms with Gasteiger partial charge in [0.05, 0.1) is 11.0 Å². The molecule has 0 aliphatic heterocycles. The lowest BCUT2D eigenvalue weighted by molar-refractivity contribution is -0.385. The molecule has 0 fully saturated rings.